The third kappa shape index (κ3) is 2.45. The van der Waals surface area contributed by atoms with E-state index < -0.39 is 10.0 Å². The third-order valence-corrected chi connectivity index (χ3v) is 4.07. The number of sulfonamides is 1. The van der Waals surface area contributed by atoms with Crippen LogP contribution in [0.4, 0.5) is 0 Å². The number of aryl methyl sites for hydroxylation is 1. The van der Waals surface area contributed by atoms with Crippen LogP contribution in [0.3, 0.4) is 0 Å². The molecule has 0 unspecified atom stereocenters. The minimum absolute atomic E-state index is 0.0618. The molecule has 0 atom stereocenters. The van der Waals surface area contributed by atoms with Gasteiger partial charge in [-0.3, -0.25) is 5.10 Å². The van der Waals surface area contributed by atoms with E-state index in [4.69, 9.17) is 10.2 Å². The second-order valence-electron chi connectivity index (χ2n) is 3.78. The molecule has 0 amide bonds. The lowest BCUT2D eigenvalue weighted by Gasteiger charge is -2.06. The summed E-state index contributed by atoms with van der Waals surface area (Å²) in [6.45, 7) is 1.86. The molecule has 0 aliphatic heterocycles. The Morgan fingerprint density at radius 3 is 2.94 bits per heavy atom. The third-order valence-electron chi connectivity index (χ3n) is 2.47. The minimum Gasteiger partial charge on any atom is -0.472 e. The van der Waals surface area contributed by atoms with Crippen LogP contribution in [-0.4, -0.2) is 18.6 Å². The number of aromatic amines is 1. The number of furan rings is 1. The summed E-state index contributed by atoms with van der Waals surface area (Å²) in [7, 11) is -3.63. The lowest BCUT2D eigenvalue weighted by Crippen LogP contribution is -2.24. The summed E-state index contributed by atoms with van der Waals surface area (Å²) in [5.41, 5.74) is 7.00. The van der Waals surface area contributed by atoms with Crippen LogP contribution in [0.15, 0.2) is 27.9 Å². The van der Waals surface area contributed by atoms with Gasteiger partial charge in [-0.2, -0.15) is 5.10 Å². The predicted octanol–water partition coefficient (Wildman–Crippen LogP) is 0.248. The van der Waals surface area contributed by atoms with Crippen LogP contribution in [0, 0.1) is 6.92 Å². The Labute approximate surface area is 104 Å². The van der Waals surface area contributed by atoms with Gasteiger partial charge < -0.3 is 10.2 Å². The fourth-order valence-corrected chi connectivity index (χ4v) is 3.00. The summed E-state index contributed by atoms with van der Waals surface area (Å²) in [6, 6.07) is 1.69. The summed E-state index contributed by atoms with van der Waals surface area (Å²) < 4.78 is 31.6. The highest BCUT2D eigenvalue weighted by Crippen LogP contribution is 2.17. The zero-order chi connectivity index (χ0) is 13.2. The Bertz CT molecular complexity index is 616. The van der Waals surface area contributed by atoms with Gasteiger partial charge in [0.15, 0.2) is 0 Å². The quantitative estimate of drug-likeness (QED) is 0.720. The average molecular weight is 270 g/mol. The maximum atomic E-state index is 12.1. The summed E-state index contributed by atoms with van der Waals surface area (Å²) in [4.78, 5) is 0.119. The van der Waals surface area contributed by atoms with Crippen molar-refractivity contribution in [3.8, 4) is 0 Å². The molecular formula is C10H14N4O3S. The fourth-order valence-electron chi connectivity index (χ4n) is 1.61. The molecule has 0 spiro atoms. The van der Waals surface area contributed by atoms with Crippen molar-refractivity contribution in [3.05, 3.63) is 35.5 Å². The number of hydrogen-bond acceptors (Lipinski definition) is 5. The van der Waals surface area contributed by atoms with E-state index in [1.807, 2.05) is 0 Å². The SMILES string of the molecule is Cc1[nH]nc(CN)c1S(=O)(=O)NCc1ccoc1. The van der Waals surface area contributed by atoms with Crippen molar-refractivity contribution in [2.75, 3.05) is 0 Å². The first-order valence-corrected chi connectivity index (χ1v) is 6.77. The number of nitrogens with zero attached hydrogens (tertiary/aromatic N) is 1. The molecule has 4 N–H and O–H groups in total. The van der Waals surface area contributed by atoms with Gasteiger partial charge in [0.05, 0.1) is 23.9 Å². The van der Waals surface area contributed by atoms with Crippen molar-refractivity contribution in [2.45, 2.75) is 24.9 Å². The van der Waals surface area contributed by atoms with E-state index in [1.165, 1.54) is 12.5 Å². The van der Waals surface area contributed by atoms with Gasteiger partial charge in [-0.1, -0.05) is 0 Å². The van der Waals surface area contributed by atoms with Crippen molar-refractivity contribution < 1.29 is 12.8 Å². The molecule has 0 fully saturated rings. The zero-order valence-electron chi connectivity index (χ0n) is 9.80. The van der Waals surface area contributed by atoms with Crippen LogP contribution < -0.4 is 10.5 Å². The predicted molar refractivity (Wildman–Crippen MR) is 63.9 cm³/mol. The fraction of sp³-hybridized carbons (Fsp3) is 0.300. The molecule has 0 aliphatic carbocycles. The van der Waals surface area contributed by atoms with E-state index in [0.717, 1.165) is 5.56 Å². The van der Waals surface area contributed by atoms with Crippen molar-refractivity contribution in [1.29, 1.82) is 0 Å². The molecule has 0 aromatic carbocycles. The van der Waals surface area contributed by atoms with Crippen LogP contribution in [0.2, 0.25) is 0 Å². The summed E-state index contributed by atoms with van der Waals surface area (Å²) in [5.74, 6) is 0. The number of nitrogens with one attached hydrogen (secondary N) is 2. The molecule has 2 aromatic rings. The van der Waals surface area contributed by atoms with Crippen molar-refractivity contribution in [2.24, 2.45) is 5.73 Å². The van der Waals surface area contributed by atoms with Gasteiger partial charge in [-0.05, 0) is 13.0 Å². The van der Waals surface area contributed by atoms with E-state index in [9.17, 15) is 8.42 Å². The highest BCUT2D eigenvalue weighted by atomic mass is 32.2. The van der Waals surface area contributed by atoms with Gasteiger partial charge in [-0.25, -0.2) is 13.1 Å². The van der Waals surface area contributed by atoms with Crippen LogP contribution in [0.25, 0.3) is 0 Å². The molecule has 8 heteroatoms. The molecule has 2 heterocycles. The largest absolute Gasteiger partial charge is 0.472 e. The molecule has 18 heavy (non-hydrogen) atoms. The highest BCUT2D eigenvalue weighted by molar-refractivity contribution is 7.89. The molecule has 0 aliphatic rings. The molecule has 0 bridgehead atoms. The van der Waals surface area contributed by atoms with Crippen LogP contribution in [0.5, 0.6) is 0 Å². The lowest BCUT2D eigenvalue weighted by molar-refractivity contribution is 0.561. The number of rotatable bonds is 5. The molecule has 0 saturated heterocycles. The number of aromatic nitrogens is 2. The van der Waals surface area contributed by atoms with Crippen molar-refractivity contribution in [3.63, 3.8) is 0 Å². The Kier molecular flexibility index (Phi) is 3.50. The van der Waals surface area contributed by atoms with Gasteiger partial charge >= 0.3 is 0 Å². The van der Waals surface area contributed by atoms with Gasteiger partial charge in [0.2, 0.25) is 10.0 Å². The molecule has 0 saturated carbocycles. The summed E-state index contributed by atoms with van der Waals surface area (Å²) in [5, 5.41) is 6.48. The molecule has 98 valence electrons. The number of H-pyrrole nitrogens is 1. The van der Waals surface area contributed by atoms with Crippen LogP contribution in [-0.2, 0) is 23.1 Å². The van der Waals surface area contributed by atoms with E-state index in [1.54, 1.807) is 13.0 Å². The summed E-state index contributed by atoms with van der Waals surface area (Å²) in [6.07, 6.45) is 2.96. The topological polar surface area (TPSA) is 114 Å². The first kappa shape index (κ1) is 12.8. The number of hydrogen-bond donors (Lipinski definition) is 3. The second-order valence-corrected chi connectivity index (χ2v) is 5.49. The van der Waals surface area contributed by atoms with Gasteiger partial charge in [0, 0.05) is 18.7 Å². The average Bonchev–Trinajstić information content (AvgIpc) is 2.95. The Morgan fingerprint density at radius 1 is 1.56 bits per heavy atom. The van der Waals surface area contributed by atoms with Gasteiger partial charge in [0.25, 0.3) is 0 Å². The molecule has 7 nitrogen and oxygen atoms in total. The van der Waals surface area contributed by atoms with Crippen LogP contribution >= 0.6 is 0 Å². The lowest BCUT2D eigenvalue weighted by atomic mass is 10.4. The highest BCUT2D eigenvalue weighted by Gasteiger charge is 2.23. The van der Waals surface area contributed by atoms with Crippen LogP contribution in [0.1, 0.15) is 17.0 Å². The maximum Gasteiger partial charge on any atom is 0.244 e. The van der Waals surface area contributed by atoms with E-state index in [0.29, 0.717) is 11.4 Å². The first-order valence-electron chi connectivity index (χ1n) is 5.29. The van der Waals surface area contributed by atoms with Crippen molar-refractivity contribution >= 4 is 10.0 Å². The van der Waals surface area contributed by atoms with Gasteiger partial charge in [0.1, 0.15) is 4.90 Å². The summed E-state index contributed by atoms with van der Waals surface area (Å²) >= 11 is 0. The molecular weight excluding hydrogens is 256 g/mol. The minimum atomic E-state index is -3.63. The first-order chi connectivity index (χ1) is 8.54. The molecule has 0 radical (unpaired) electrons. The Morgan fingerprint density at radius 2 is 2.33 bits per heavy atom. The van der Waals surface area contributed by atoms with E-state index in [2.05, 4.69) is 14.9 Å². The Hall–Kier alpha value is -1.64. The molecule has 2 aromatic heterocycles. The standard InChI is InChI=1S/C10H14N4O3S/c1-7-10(9(4-11)14-13-7)18(15,16)12-5-8-2-3-17-6-8/h2-3,6,12H,4-5,11H2,1H3,(H,13,14). The van der Waals surface area contributed by atoms with E-state index in [-0.39, 0.29) is 18.0 Å². The zero-order valence-corrected chi connectivity index (χ0v) is 10.6. The normalized spacial score (nSPS) is 11.9. The Balaban J connectivity index is 2.22. The monoisotopic (exact) mass is 270 g/mol. The molecule has 2 rings (SSSR count). The second kappa shape index (κ2) is 4.92. The van der Waals surface area contributed by atoms with Crippen molar-refractivity contribution in [1.82, 2.24) is 14.9 Å². The van der Waals surface area contributed by atoms with E-state index >= 15 is 0 Å². The van der Waals surface area contributed by atoms with Gasteiger partial charge in [-0.15, -0.1) is 0 Å². The smallest absolute Gasteiger partial charge is 0.244 e. The maximum absolute atomic E-state index is 12.1. The number of nitrogens with two attached hydrogens (primary N) is 1.